The molecule has 0 bridgehead atoms. The van der Waals surface area contributed by atoms with Crippen molar-refractivity contribution in [1.82, 2.24) is 10.6 Å². The van der Waals surface area contributed by atoms with Crippen LogP contribution in [0.5, 0.6) is 0 Å². The van der Waals surface area contributed by atoms with Crippen LogP contribution < -0.4 is 10.6 Å². The first kappa shape index (κ1) is 19.2. The molecule has 0 saturated carbocycles. The highest BCUT2D eigenvalue weighted by molar-refractivity contribution is 5.79. The topological polar surface area (TPSA) is 54.9 Å². The van der Waals surface area contributed by atoms with E-state index in [9.17, 15) is 0 Å². The molecule has 0 aromatic rings. The van der Waals surface area contributed by atoms with Crippen LogP contribution in [0.2, 0.25) is 0 Å². The maximum Gasteiger partial charge on any atom is 0.190 e. The van der Waals surface area contributed by atoms with Crippen molar-refractivity contribution in [3.05, 3.63) is 0 Å². The van der Waals surface area contributed by atoms with Crippen LogP contribution in [0, 0.1) is 11.3 Å². The average Bonchev–Trinajstić information content (AvgIpc) is 2.93. The number of guanidine groups is 1. The predicted octanol–water partition coefficient (Wildman–Crippen LogP) is 2.42. The van der Waals surface area contributed by atoms with E-state index < -0.39 is 0 Å². The highest BCUT2D eigenvalue weighted by Gasteiger charge is 2.19. The Kier molecular flexibility index (Phi) is 8.79. The lowest BCUT2D eigenvalue weighted by Gasteiger charge is -2.28. The fourth-order valence-electron chi connectivity index (χ4n) is 2.89. The summed E-state index contributed by atoms with van der Waals surface area (Å²) >= 11 is 0. The molecule has 0 aromatic heterocycles. The normalized spacial score (nSPS) is 19.7. The van der Waals surface area contributed by atoms with Gasteiger partial charge in [-0.15, -0.1) is 0 Å². The minimum Gasteiger partial charge on any atom is -0.379 e. The summed E-state index contributed by atoms with van der Waals surface area (Å²) in [5, 5.41) is 6.77. The second-order valence-corrected chi connectivity index (χ2v) is 7.32. The minimum absolute atomic E-state index is 0.275. The Balaban J connectivity index is 2.11. The molecule has 0 spiro atoms. The van der Waals surface area contributed by atoms with Crippen LogP contribution in [-0.2, 0) is 9.47 Å². The van der Waals surface area contributed by atoms with Gasteiger partial charge in [0.2, 0.25) is 0 Å². The zero-order valence-electron chi connectivity index (χ0n) is 15.1. The van der Waals surface area contributed by atoms with Crippen LogP contribution in [0.15, 0.2) is 4.99 Å². The fourth-order valence-corrected chi connectivity index (χ4v) is 2.89. The number of nitrogens with one attached hydrogen (secondary N) is 2. The fraction of sp³-hybridized carbons (Fsp3) is 0.941. The zero-order valence-corrected chi connectivity index (χ0v) is 15.1. The van der Waals surface area contributed by atoms with Crippen molar-refractivity contribution >= 4 is 5.96 Å². The molecule has 0 aliphatic carbocycles. The summed E-state index contributed by atoms with van der Waals surface area (Å²) < 4.78 is 11.0. The van der Waals surface area contributed by atoms with Crippen LogP contribution >= 0.6 is 0 Å². The van der Waals surface area contributed by atoms with Gasteiger partial charge in [-0.2, -0.15) is 0 Å². The van der Waals surface area contributed by atoms with Crippen LogP contribution in [-0.4, -0.2) is 52.0 Å². The number of hydrogen-bond donors (Lipinski definition) is 2. The Labute approximate surface area is 136 Å². The molecular weight excluding hydrogens is 278 g/mol. The van der Waals surface area contributed by atoms with Gasteiger partial charge >= 0.3 is 0 Å². The molecule has 1 heterocycles. The molecule has 5 nitrogen and oxygen atoms in total. The molecule has 1 aliphatic rings. The van der Waals surface area contributed by atoms with Gasteiger partial charge in [-0.25, -0.2) is 0 Å². The van der Waals surface area contributed by atoms with Gasteiger partial charge < -0.3 is 20.1 Å². The third-order valence-electron chi connectivity index (χ3n) is 3.77. The Bertz CT molecular complexity index is 324. The molecule has 1 saturated heterocycles. The van der Waals surface area contributed by atoms with Gasteiger partial charge in [0, 0.05) is 33.4 Å². The van der Waals surface area contributed by atoms with E-state index in [2.05, 4.69) is 43.3 Å². The van der Waals surface area contributed by atoms with Crippen molar-refractivity contribution in [2.24, 2.45) is 16.3 Å². The minimum atomic E-state index is 0.275. The maximum absolute atomic E-state index is 5.75. The molecule has 5 heteroatoms. The number of rotatable bonds is 9. The van der Waals surface area contributed by atoms with Crippen molar-refractivity contribution in [1.29, 1.82) is 0 Å². The van der Waals surface area contributed by atoms with Crippen LogP contribution in [0.1, 0.15) is 47.0 Å². The standard InChI is InChI=1S/C17H35N3O2/c1-14(2)11-17(3,4)13-20-16(18-5)19-8-6-9-22-15-7-10-21-12-15/h14-15H,6-13H2,1-5H3,(H2,18,19,20). The van der Waals surface area contributed by atoms with Gasteiger partial charge in [0.25, 0.3) is 0 Å². The van der Waals surface area contributed by atoms with Gasteiger partial charge in [-0.05, 0) is 30.6 Å². The highest BCUT2D eigenvalue weighted by atomic mass is 16.5. The molecule has 2 N–H and O–H groups in total. The lowest BCUT2D eigenvalue weighted by atomic mass is 9.84. The summed E-state index contributed by atoms with van der Waals surface area (Å²) in [5.74, 6) is 1.59. The second kappa shape index (κ2) is 10.1. The van der Waals surface area contributed by atoms with Crippen molar-refractivity contribution in [3.8, 4) is 0 Å². The van der Waals surface area contributed by atoms with E-state index in [1.54, 1.807) is 0 Å². The monoisotopic (exact) mass is 313 g/mol. The van der Waals surface area contributed by atoms with Crippen LogP contribution in [0.4, 0.5) is 0 Å². The third-order valence-corrected chi connectivity index (χ3v) is 3.77. The summed E-state index contributed by atoms with van der Waals surface area (Å²) in [6, 6.07) is 0. The summed E-state index contributed by atoms with van der Waals surface area (Å²) in [6.45, 7) is 13.3. The van der Waals surface area contributed by atoms with E-state index in [0.29, 0.717) is 12.0 Å². The van der Waals surface area contributed by atoms with E-state index in [1.807, 2.05) is 7.05 Å². The Hall–Kier alpha value is -0.810. The molecule has 1 atom stereocenters. The van der Waals surface area contributed by atoms with Gasteiger partial charge in [0.1, 0.15) is 0 Å². The van der Waals surface area contributed by atoms with Gasteiger partial charge in [0.05, 0.1) is 12.7 Å². The summed E-state index contributed by atoms with van der Waals surface area (Å²) in [7, 11) is 1.82. The molecule has 1 fully saturated rings. The predicted molar refractivity (Wildman–Crippen MR) is 92.4 cm³/mol. The molecule has 0 amide bonds. The van der Waals surface area contributed by atoms with Gasteiger partial charge in [-0.3, -0.25) is 4.99 Å². The van der Waals surface area contributed by atoms with Crippen molar-refractivity contribution in [2.45, 2.75) is 53.1 Å². The highest BCUT2D eigenvalue weighted by Crippen LogP contribution is 2.23. The molecule has 1 unspecified atom stereocenters. The molecule has 22 heavy (non-hydrogen) atoms. The lowest BCUT2D eigenvalue weighted by molar-refractivity contribution is 0.0420. The smallest absolute Gasteiger partial charge is 0.190 e. The van der Waals surface area contributed by atoms with Crippen molar-refractivity contribution in [2.75, 3.05) is 40.0 Å². The Morgan fingerprint density at radius 3 is 2.73 bits per heavy atom. The number of ether oxygens (including phenoxy) is 2. The second-order valence-electron chi connectivity index (χ2n) is 7.32. The average molecular weight is 313 g/mol. The molecule has 1 aliphatic heterocycles. The van der Waals surface area contributed by atoms with Crippen LogP contribution in [0.3, 0.4) is 0 Å². The summed E-state index contributed by atoms with van der Waals surface area (Å²) in [5.41, 5.74) is 0.275. The third kappa shape index (κ3) is 8.59. The first-order valence-electron chi connectivity index (χ1n) is 8.57. The van der Waals surface area contributed by atoms with E-state index in [1.165, 1.54) is 6.42 Å². The molecule has 0 radical (unpaired) electrons. The molecule has 0 aromatic carbocycles. The molecule has 1 rings (SSSR count). The first-order valence-corrected chi connectivity index (χ1v) is 8.57. The number of aliphatic imine (C=N–C) groups is 1. The van der Waals surface area contributed by atoms with E-state index >= 15 is 0 Å². The Morgan fingerprint density at radius 2 is 2.14 bits per heavy atom. The summed E-state index contributed by atoms with van der Waals surface area (Å²) in [6.07, 6.45) is 3.51. The lowest BCUT2D eigenvalue weighted by Crippen LogP contribution is -2.42. The quantitative estimate of drug-likeness (QED) is 0.390. The van der Waals surface area contributed by atoms with Gasteiger partial charge in [-0.1, -0.05) is 27.7 Å². The zero-order chi connectivity index (χ0) is 16.4. The number of nitrogens with zero attached hydrogens (tertiary/aromatic N) is 1. The van der Waals surface area contributed by atoms with Crippen LogP contribution in [0.25, 0.3) is 0 Å². The Morgan fingerprint density at radius 1 is 1.36 bits per heavy atom. The first-order chi connectivity index (χ1) is 10.4. The number of hydrogen-bond acceptors (Lipinski definition) is 3. The molecule has 130 valence electrons. The van der Waals surface area contributed by atoms with E-state index in [-0.39, 0.29) is 5.41 Å². The van der Waals surface area contributed by atoms with E-state index in [4.69, 9.17) is 9.47 Å². The largest absolute Gasteiger partial charge is 0.379 e. The molecular formula is C17H35N3O2. The van der Waals surface area contributed by atoms with Gasteiger partial charge in [0.15, 0.2) is 5.96 Å². The SMILES string of the molecule is CN=C(NCCCOC1CCOC1)NCC(C)(C)CC(C)C. The maximum atomic E-state index is 5.75. The van der Waals surface area contributed by atoms with Crippen molar-refractivity contribution < 1.29 is 9.47 Å². The summed E-state index contributed by atoms with van der Waals surface area (Å²) in [4.78, 5) is 4.28. The van der Waals surface area contributed by atoms with Crippen molar-refractivity contribution in [3.63, 3.8) is 0 Å². The van der Waals surface area contributed by atoms with E-state index in [0.717, 1.165) is 51.7 Å².